The van der Waals surface area contributed by atoms with Gasteiger partial charge >= 0.3 is 6.09 Å². The molecule has 0 spiro atoms. The fourth-order valence-electron chi connectivity index (χ4n) is 2.28. The number of benzene rings is 1. The number of halogens is 1. The van der Waals surface area contributed by atoms with Gasteiger partial charge in [-0.25, -0.2) is 4.79 Å². The summed E-state index contributed by atoms with van der Waals surface area (Å²) in [7, 11) is 0. The van der Waals surface area contributed by atoms with Crippen LogP contribution in [0.25, 0.3) is 0 Å². The molecule has 5 nitrogen and oxygen atoms in total. The zero-order chi connectivity index (χ0) is 15.2. The molecule has 21 heavy (non-hydrogen) atoms. The monoisotopic (exact) mass is 310 g/mol. The highest BCUT2D eigenvalue weighted by atomic mass is 35.5. The smallest absolute Gasteiger partial charge is 0.409 e. The van der Waals surface area contributed by atoms with Crippen LogP contribution in [0.3, 0.4) is 0 Å². The quantitative estimate of drug-likeness (QED) is 0.805. The molecule has 0 radical (unpaired) electrons. The number of nitrogens with zero attached hydrogens (tertiary/aromatic N) is 2. The van der Waals surface area contributed by atoms with Crippen molar-refractivity contribution in [2.75, 3.05) is 32.8 Å². The van der Waals surface area contributed by atoms with Crippen LogP contribution in [-0.2, 0) is 10.6 Å². The summed E-state index contributed by atoms with van der Waals surface area (Å²) in [5.41, 5.74) is 1.56. The lowest BCUT2D eigenvalue weighted by atomic mass is 10.1. The molecule has 1 fully saturated rings. The topological polar surface area (TPSA) is 49.9 Å². The van der Waals surface area contributed by atoms with E-state index in [1.807, 2.05) is 18.2 Å². The normalized spacial score (nSPS) is 15.0. The summed E-state index contributed by atoms with van der Waals surface area (Å²) in [6, 6.07) is 7.32. The Bertz CT molecular complexity index is 513. The van der Waals surface area contributed by atoms with Gasteiger partial charge in [0, 0.05) is 37.6 Å². The highest BCUT2D eigenvalue weighted by molar-refractivity contribution is 6.17. The third kappa shape index (κ3) is 3.88. The summed E-state index contributed by atoms with van der Waals surface area (Å²) in [6.07, 6.45) is -0.311. The van der Waals surface area contributed by atoms with E-state index in [0.29, 0.717) is 44.2 Å². The molecule has 1 aromatic carbocycles. The van der Waals surface area contributed by atoms with Gasteiger partial charge in [-0.1, -0.05) is 12.1 Å². The predicted octanol–water partition coefficient (Wildman–Crippen LogP) is 2.34. The van der Waals surface area contributed by atoms with Crippen molar-refractivity contribution < 1.29 is 14.3 Å². The highest BCUT2D eigenvalue weighted by Crippen LogP contribution is 2.12. The van der Waals surface area contributed by atoms with E-state index in [2.05, 4.69) is 0 Å². The Balaban J connectivity index is 1.95. The predicted molar refractivity (Wildman–Crippen MR) is 80.5 cm³/mol. The SMILES string of the molecule is CCOC(=O)N1CCN(C(=O)c2cccc(CCl)c2)CC1. The van der Waals surface area contributed by atoms with Gasteiger partial charge in [0.25, 0.3) is 5.91 Å². The molecular weight excluding hydrogens is 292 g/mol. The van der Waals surface area contributed by atoms with Crippen molar-refractivity contribution in [3.63, 3.8) is 0 Å². The second-order valence-electron chi connectivity index (χ2n) is 4.81. The summed E-state index contributed by atoms with van der Waals surface area (Å²) in [5.74, 6) is 0.364. The van der Waals surface area contributed by atoms with Crippen molar-refractivity contribution in [1.29, 1.82) is 0 Å². The van der Waals surface area contributed by atoms with Crippen LogP contribution in [0.4, 0.5) is 4.79 Å². The summed E-state index contributed by atoms with van der Waals surface area (Å²) >= 11 is 5.79. The van der Waals surface area contributed by atoms with E-state index >= 15 is 0 Å². The van der Waals surface area contributed by atoms with Crippen molar-refractivity contribution in [3.05, 3.63) is 35.4 Å². The van der Waals surface area contributed by atoms with Crippen molar-refractivity contribution in [3.8, 4) is 0 Å². The Morgan fingerprint density at radius 2 is 1.86 bits per heavy atom. The standard InChI is InChI=1S/C15H19ClN2O3/c1-2-21-15(20)18-8-6-17(7-9-18)14(19)13-5-3-4-12(10-13)11-16/h3-5,10H,2,6-9,11H2,1H3. The van der Waals surface area contributed by atoms with Crippen molar-refractivity contribution >= 4 is 23.6 Å². The maximum absolute atomic E-state index is 12.4. The Hall–Kier alpha value is -1.75. The first-order chi connectivity index (χ1) is 10.2. The first kappa shape index (κ1) is 15.6. The van der Waals surface area contributed by atoms with Crippen molar-refractivity contribution in [1.82, 2.24) is 9.80 Å². The Labute approximate surface area is 129 Å². The number of amides is 2. The van der Waals surface area contributed by atoms with Crippen LogP contribution in [-0.4, -0.2) is 54.6 Å². The van der Waals surface area contributed by atoms with Crippen LogP contribution in [0.5, 0.6) is 0 Å². The van der Waals surface area contributed by atoms with E-state index in [1.54, 1.807) is 22.8 Å². The molecule has 2 rings (SSSR count). The molecule has 1 saturated heterocycles. The van der Waals surface area contributed by atoms with Gasteiger partial charge in [0.15, 0.2) is 0 Å². The lowest BCUT2D eigenvalue weighted by molar-refractivity contribution is 0.0570. The van der Waals surface area contributed by atoms with Gasteiger partial charge < -0.3 is 14.5 Å². The molecule has 0 aromatic heterocycles. The Morgan fingerprint density at radius 3 is 2.48 bits per heavy atom. The fourth-order valence-corrected chi connectivity index (χ4v) is 2.44. The third-order valence-electron chi connectivity index (χ3n) is 3.42. The number of carbonyl (C=O) groups is 2. The van der Waals surface area contributed by atoms with Crippen molar-refractivity contribution in [2.24, 2.45) is 0 Å². The number of hydrogen-bond acceptors (Lipinski definition) is 3. The van der Waals surface area contributed by atoms with E-state index < -0.39 is 0 Å². The van der Waals surface area contributed by atoms with Crippen LogP contribution >= 0.6 is 11.6 Å². The fraction of sp³-hybridized carbons (Fsp3) is 0.467. The van der Waals surface area contributed by atoms with Crippen LogP contribution in [0.1, 0.15) is 22.8 Å². The van der Waals surface area contributed by atoms with Crippen LogP contribution in [0, 0.1) is 0 Å². The Kier molecular flexibility index (Phi) is 5.44. The minimum Gasteiger partial charge on any atom is -0.450 e. The van der Waals surface area contributed by atoms with E-state index in [9.17, 15) is 9.59 Å². The van der Waals surface area contributed by atoms with Gasteiger partial charge in [-0.05, 0) is 24.6 Å². The molecule has 6 heteroatoms. The zero-order valence-corrected chi connectivity index (χ0v) is 12.8. The maximum atomic E-state index is 12.4. The van der Waals surface area contributed by atoms with Gasteiger partial charge in [0.05, 0.1) is 6.61 Å². The molecule has 0 atom stereocenters. The first-order valence-electron chi connectivity index (χ1n) is 7.01. The molecule has 1 aromatic rings. The number of alkyl halides is 1. The summed E-state index contributed by atoms with van der Waals surface area (Å²) in [6.45, 7) is 4.18. The average molecular weight is 311 g/mol. The average Bonchev–Trinajstić information content (AvgIpc) is 2.54. The Morgan fingerprint density at radius 1 is 1.19 bits per heavy atom. The minimum atomic E-state index is -0.311. The van der Waals surface area contributed by atoms with E-state index in [0.717, 1.165) is 5.56 Å². The molecule has 0 saturated carbocycles. The van der Waals surface area contributed by atoms with Gasteiger partial charge in [-0.15, -0.1) is 11.6 Å². The van der Waals surface area contributed by atoms with E-state index in [1.165, 1.54) is 0 Å². The van der Waals surface area contributed by atoms with Gasteiger partial charge in [-0.2, -0.15) is 0 Å². The highest BCUT2D eigenvalue weighted by Gasteiger charge is 2.25. The molecule has 1 aliphatic heterocycles. The van der Waals surface area contributed by atoms with Crippen LogP contribution in [0.15, 0.2) is 24.3 Å². The zero-order valence-electron chi connectivity index (χ0n) is 12.0. The molecular formula is C15H19ClN2O3. The third-order valence-corrected chi connectivity index (χ3v) is 3.73. The van der Waals surface area contributed by atoms with Crippen LogP contribution in [0.2, 0.25) is 0 Å². The number of ether oxygens (including phenoxy) is 1. The second kappa shape index (κ2) is 7.31. The minimum absolute atomic E-state index is 0.0227. The van der Waals surface area contributed by atoms with Gasteiger partial charge in [0.1, 0.15) is 0 Å². The molecule has 0 N–H and O–H groups in total. The van der Waals surface area contributed by atoms with Gasteiger partial charge in [0.2, 0.25) is 0 Å². The largest absolute Gasteiger partial charge is 0.450 e. The molecule has 114 valence electrons. The lowest BCUT2D eigenvalue weighted by Crippen LogP contribution is -2.50. The number of hydrogen-bond donors (Lipinski definition) is 0. The lowest BCUT2D eigenvalue weighted by Gasteiger charge is -2.34. The molecule has 0 bridgehead atoms. The van der Waals surface area contributed by atoms with E-state index in [-0.39, 0.29) is 12.0 Å². The molecule has 2 amide bonds. The molecule has 0 unspecified atom stereocenters. The number of carbonyl (C=O) groups excluding carboxylic acids is 2. The summed E-state index contributed by atoms with van der Waals surface area (Å²) in [5, 5.41) is 0. The summed E-state index contributed by atoms with van der Waals surface area (Å²) in [4.78, 5) is 27.4. The maximum Gasteiger partial charge on any atom is 0.409 e. The first-order valence-corrected chi connectivity index (χ1v) is 7.55. The second-order valence-corrected chi connectivity index (χ2v) is 5.08. The van der Waals surface area contributed by atoms with Crippen molar-refractivity contribution in [2.45, 2.75) is 12.8 Å². The van der Waals surface area contributed by atoms with Crippen LogP contribution < -0.4 is 0 Å². The molecule has 0 aliphatic carbocycles. The van der Waals surface area contributed by atoms with Gasteiger partial charge in [-0.3, -0.25) is 4.79 Å². The number of rotatable bonds is 3. The molecule has 1 aliphatic rings. The molecule has 1 heterocycles. The number of piperazine rings is 1. The summed E-state index contributed by atoms with van der Waals surface area (Å²) < 4.78 is 4.96. The van der Waals surface area contributed by atoms with E-state index in [4.69, 9.17) is 16.3 Å².